The maximum atomic E-state index is 12.4. The Morgan fingerprint density at radius 3 is 2.59 bits per heavy atom. The first kappa shape index (κ1) is 21.7. The molecule has 1 aliphatic heterocycles. The Bertz CT molecular complexity index is 732. The van der Waals surface area contributed by atoms with Crippen molar-refractivity contribution in [2.45, 2.75) is 38.4 Å². The second-order valence-corrected chi connectivity index (χ2v) is 7.02. The van der Waals surface area contributed by atoms with Gasteiger partial charge in [-0.05, 0) is 13.8 Å². The van der Waals surface area contributed by atoms with Crippen LogP contribution in [0.5, 0.6) is 0 Å². The van der Waals surface area contributed by atoms with Crippen molar-refractivity contribution in [2.75, 3.05) is 26.6 Å². The number of hydrogen-bond donors (Lipinski definition) is 3. The minimum atomic E-state index is -1.32. The first-order valence-corrected chi connectivity index (χ1v) is 9.78. The first-order valence-electron chi connectivity index (χ1n) is 8.41. The molecular formula is C15H24N3O8P. The molecule has 0 spiro atoms. The Balaban J connectivity index is 2.10. The number of nitrogens with zero attached hydrogens (tertiary/aromatic N) is 1. The van der Waals surface area contributed by atoms with Crippen LogP contribution in [0.2, 0.25) is 0 Å². The van der Waals surface area contributed by atoms with Gasteiger partial charge in [0, 0.05) is 19.4 Å². The van der Waals surface area contributed by atoms with Gasteiger partial charge in [-0.1, -0.05) is 0 Å². The van der Waals surface area contributed by atoms with Crippen LogP contribution in [-0.2, 0) is 23.3 Å². The zero-order valence-electron chi connectivity index (χ0n) is 15.3. The van der Waals surface area contributed by atoms with Crippen LogP contribution < -0.4 is 16.6 Å². The maximum Gasteiger partial charge on any atom is 0.330 e. The number of carbonyl (C=O) groups excluding carboxylic acids is 1. The molecule has 0 aromatic carbocycles. The van der Waals surface area contributed by atoms with Crippen molar-refractivity contribution in [3.8, 4) is 0 Å². The zero-order chi connectivity index (χ0) is 20.0. The van der Waals surface area contributed by atoms with Gasteiger partial charge in [0.25, 0.3) is 11.5 Å². The Morgan fingerprint density at radius 2 is 2.04 bits per heavy atom. The second kappa shape index (κ2) is 10.1. The predicted molar refractivity (Wildman–Crippen MR) is 95.2 cm³/mol. The quantitative estimate of drug-likeness (QED) is 0.457. The smallest absolute Gasteiger partial charge is 0.330 e. The number of rotatable bonds is 9. The van der Waals surface area contributed by atoms with Gasteiger partial charge in [0.05, 0.1) is 19.5 Å². The van der Waals surface area contributed by atoms with Crippen molar-refractivity contribution < 1.29 is 28.4 Å². The predicted octanol–water partition coefficient (Wildman–Crippen LogP) is -0.731. The lowest BCUT2D eigenvalue weighted by Crippen LogP contribution is -2.43. The third-order valence-corrected chi connectivity index (χ3v) is 5.31. The Labute approximate surface area is 156 Å². The van der Waals surface area contributed by atoms with Gasteiger partial charge in [-0.25, -0.2) is 4.79 Å². The molecule has 27 heavy (non-hydrogen) atoms. The highest BCUT2D eigenvalue weighted by atomic mass is 31.2. The number of hydrogen-bond acceptors (Lipinski definition) is 8. The van der Waals surface area contributed by atoms with Crippen LogP contribution in [-0.4, -0.2) is 65.5 Å². The number of methoxy groups -OCH3 is 1. The van der Waals surface area contributed by atoms with Crippen molar-refractivity contribution >= 4 is 14.3 Å². The number of aliphatic hydroxyl groups excluding tert-OH is 1. The number of ether oxygens (including phenoxy) is 2. The standard InChI is InChI=1S/C15H24N3O8P/c1-4-24-27(25-5-2)8-16-13(21)11-10(20)12(23-3)14(26-11)18-7-6-9(19)17-15(18)22/h6-7,10-12,14,20H,4-5,8H2,1-3H3,(H,16,21)(H,17,19,22). The highest BCUT2D eigenvalue weighted by Crippen LogP contribution is 2.37. The van der Waals surface area contributed by atoms with Gasteiger partial charge < -0.3 is 28.9 Å². The molecule has 1 saturated heterocycles. The lowest BCUT2D eigenvalue weighted by atomic mass is 10.1. The fraction of sp³-hybridized carbons (Fsp3) is 0.667. The topological polar surface area (TPSA) is 141 Å². The van der Waals surface area contributed by atoms with Crippen molar-refractivity contribution in [3.63, 3.8) is 0 Å². The highest BCUT2D eigenvalue weighted by Gasteiger charge is 2.48. The molecule has 0 aliphatic carbocycles. The monoisotopic (exact) mass is 405 g/mol. The summed E-state index contributed by atoms with van der Waals surface area (Å²) in [6.07, 6.45) is -3.30. The summed E-state index contributed by atoms with van der Waals surface area (Å²) in [5.74, 6) is -0.587. The van der Waals surface area contributed by atoms with E-state index in [0.717, 1.165) is 10.6 Å². The minimum Gasteiger partial charge on any atom is -0.387 e. The van der Waals surface area contributed by atoms with Gasteiger partial charge in [-0.3, -0.25) is 19.1 Å². The zero-order valence-corrected chi connectivity index (χ0v) is 16.2. The van der Waals surface area contributed by atoms with Crippen molar-refractivity contribution in [1.82, 2.24) is 14.9 Å². The Hall–Kier alpha value is -1.62. The van der Waals surface area contributed by atoms with Crippen molar-refractivity contribution in [3.05, 3.63) is 33.1 Å². The molecule has 1 fully saturated rings. The first-order chi connectivity index (χ1) is 12.9. The number of nitrogens with one attached hydrogen (secondary N) is 2. The van der Waals surface area contributed by atoms with Crippen LogP contribution in [0.1, 0.15) is 20.1 Å². The van der Waals surface area contributed by atoms with E-state index in [1.165, 1.54) is 13.3 Å². The molecule has 1 aromatic rings. The lowest BCUT2D eigenvalue weighted by molar-refractivity contribution is -0.137. The number of aliphatic hydroxyl groups is 1. The summed E-state index contributed by atoms with van der Waals surface area (Å²) in [5, 5.41) is 13.0. The van der Waals surface area contributed by atoms with Crippen LogP contribution in [0, 0.1) is 0 Å². The largest absolute Gasteiger partial charge is 0.387 e. The van der Waals surface area contributed by atoms with E-state index >= 15 is 0 Å². The van der Waals surface area contributed by atoms with Crippen LogP contribution in [0.4, 0.5) is 0 Å². The molecule has 1 aromatic heterocycles. The molecule has 2 rings (SSSR count). The van der Waals surface area contributed by atoms with E-state index in [-0.39, 0.29) is 6.29 Å². The molecule has 1 amide bonds. The van der Waals surface area contributed by atoms with Crippen LogP contribution in [0.3, 0.4) is 0 Å². The average molecular weight is 405 g/mol. The van der Waals surface area contributed by atoms with E-state index in [1.54, 1.807) is 0 Å². The minimum absolute atomic E-state index is 0.128. The normalized spacial score (nSPS) is 25.1. The summed E-state index contributed by atoms with van der Waals surface area (Å²) in [6.45, 7) is 4.51. The SMILES string of the molecule is CCOP(CNC(=O)C1OC(n2ccc(=O)[nH]c2=O)C(OC)C1O)OCC. The van der Waals surface area contributed by atoms with Crippen LogP contribution in [0.15, 0.2) is 21.9 Å². The lowest BCUT2D eigenvalue weighted by Gasteiger charge is -2.19. The molecular weight excluding hydrogens is 381 g/mol. The van der Waals surface area contributed by atoms with Gasteiger partial charge in [-0.15, -0.1) is 0 Å². The number of aromatic nitrogens is 2. The summed E-state index contributed by atoms with van der Waals surface area (Å²) in [7, 11) is 0.0284. The van der Waals surface area contributed by atoms with Gasteiger partial charge >= 0.3 is 5.69 Å². The molecule has 12 heteroatoms. The molecule has 11 nitrogen and oxygen atoms in total. The molecule has 4 unspecified atom stereocenters. The summed E-state index contributed by atoms with van der Waals surface area (Å²) in [6, 6.07) is 1.13. The van der Waals surface area contributed by atoms with Gasteiger partial charge in [0.15, 0.2) is 20.7 Å². The van der Waals surface area contributed by atoms with Gasteiger partial charge in [-0.2, -0.15) is 0 Å². The molecule has 0 saturated carbocycles. The molecule has 3 N–H and O–H groups in total. The summed E-state index contributed by atoms with van der Waals surface area (Å²) in [5.41, 5.74) is -1.31. The Morgan fingerprint density at radius 1 is 1.37 bits per heavy atom. The molecule has 0 bridgehead atoms. The van der Waals surface area contributed by atoms with E-state index in [9.17, 15) is 19.5 Å². The second-order valence-electron chi connectivity index (χ2n) is 5.52. The van der Waals surface area contributed by atoms with E-state index < -0.39 is 50.1 Å². The highest BCUT2D eigenvalue weighted by molar-refractivity contribution is 7.47. The number of H-pyrrole nitrogens is 1. The van der Waals surface area contributed by atoms with Crippen molar-refractivity contribution in [1.29, 1.82) is 0 Å². The molecule has 152 valence electrons. The fourth-order valence-corrected chi connectivity index (χ4v) is 3.75. The Kier molecular flexibility index (Phi) is 8.08. The third kappa shape index (κ3) is 5.22. The maximum absolute atomic E-state index is 12.4. The van der Waals surface area contributed by atoms with Crippen LogP contribution in [0.25, 0.3) is 0 Å². The van der Waals surface area contributed by atoms with Gasteiger partial charge in [0.2, 0.25) is 0 Å². The average Bonchev–Trinajstić information content (AvgIpc) is 2.96. The summed E-state index contributed by atoms with van der Waals surface area (Å²) < 4.78 is 22.6. The van der Waals surface area contributed by atoms with Gasteiger partial charge in [0.1, 0.15) is 12.2 Å². The number of carbonyl (C=O) groups is 1. The van der Waals surface area contributed by atoms with E-state index in [0.29, 0.717) is 13.2 Å². The number of aromatic amines is 1. The third-order valence-electron chi connectivity index (χ3n) is 3.80. The van der Waals surface area contributed by atoms with Crippen molar-refractivity contribution in [2.24, 2.45) is 0 Å². The molecule has 0 radical (unpaired) electrons. The van der Waals surface area contributed by atoms with E-state index in [4.69, 9.17) is 18.5 Å². The number of amides is 1. The molecule has 2 heterocycles. The van der Waals surface area contributed by atoms with E-state index in [2.05, 4.69) is 10.3 Å². The van der Waals surface area contributed by atoms with Crippen LogP contribution >= 0.6 is 8.38 Å². The molecule has 4 atom stereocenters. The van der Waals surface area contributed by atoms with E-state index in [1.807, 2.05) is 13.8 Å². The fourth-order valence-electron chi connectivity index (χ4n) is 2.63. The molecule has 1 aliphatic rings. The summed E-state index contributed by atoms with van der Waals surface area (Å²) >= 11 is 0. The summed E-state index contributed by atoms with van der Waals surface area (Å²) in [4.78, 5) is 37.8.